The maximum absolute atomic E-state index is 10.8. The molecule has 80 valence electrons. The first-order chi connectivity index (χ1) is 7.20. The standard InChI is InChI=1S/C10H11NO4/c1-14-8-3-2-7(4-9-6-15-9)10(5-8)11(12)13/h2-3,5,9H,4,6H2,1H3. The molecule has 0 amide bonds. The van der Waals surface area contributed by atoms with Crippen LogP contribution in [0.15, 0.2) is 18.2 Å². The van der Waals surface area contributed by atoms with Crippen LogP contribution in [0.4, 0.5) is 5.69 Å². The van der Waals surface area contributed by atoms with Crippen LogP contribution in [0.3, 0.4) is 0 Å². The summed E-state index contributed by atoms with van der Waals surface area (Å²) in [6.45, 7) is 0.698. The maximum Gasteiger partial charge on any atom is 0.276 e. The lowest BCUT2D eigenvalue weighted by Gasteiger charge is -2.03. The molecule has 0 radical (unpaired) electrons. The van der Waals surface area contributed by atoms with Crippen LogP contribution < -0.4 is 4.74 Å². The Balaban J connectivity index is 2.29. The average Bonchev–Trinajstić information content (AvgIpc) is 3.02. The van der Waals surface area contributed by atoms with E-state index in [4.69, 9.17) is 9.47 Å². The van der Waals surface area contributed by atoms with Crippen molar-refractivity contribution in [3.63, 3.8) is 0 Å². The lowest BCUT2D eigenvalue weighted by Crippen LogP contribution is -2.00. The molecule has 15 heavy (non-hydrogen) atoms. The molecule has 0 aromatic heterocycles. The van der Waals surface area contributed by atoms with E-state index in [-0.39, 0.29) is 16.7 Å². The van der Waals surface area contributed by atoms with E-state index in [1.165, 1.54) is 13.2 Å². The van der Waals surface area contributed by atoms with Gasteiger partial charge in [-0.15, -0.1) is 0 Å². The Morgan fingerprint density at radius 1 is 1.67 bits per heavy atom. The van der Waals surface area contributed by atoms with E-state index >= 15 is 0 Å². The summed E-state index contributed by atoms with van der Waals surface area (Å²) in [5, 5.41) is 10.8. The monoisotopic (exact) mass is 209 g/mol. The molecule has 1 fully saturated rings. The van der Waals surface area contributed by atoms with Gasteiger partial charge in [-0.1, -0.05) is 0 Å². The summed E-state index contributed by atoms with van der Waals surface area (Å²) in [4.78, 5) is 10.4. The average molecular weight is 209 g/mol. The Labute approximate surface area is 86.8 Å². The third kappa shape index (κ3) is 2.24. The fourth-order valence-corrected chi connectivity index (χ4v) is 1.44. The molecular formula is C10H11NO4. The van der Waals surface area contributed by atoms with Crippen molar-refractivity contribution in [1.82, 2.24) is 0 Å². The molecule has 5 heteroatoms. The minimum absolute atomic E-state index is 0.102. The van der Waals surface area contributed by atoms with Crippen LogP contribution in [0, 0.1) is 10.1 Å². The van der Waals surface area contributed by atoms with E-state index in [9.17, 15) is 10.1 Å². The van der Waals surface area contributed by atoms with Crippen molar-refractivity contribution in [2.24, 2.45) is 0 Å². The van der Waals surface area contributed by atoms with Gasteiger partial charge >= 0.3 is 0 Å². The first-order valence-corrected chi connectivity index (χ1v) is 4.63. The summed E-state index contributed by atoms with van der Waals surface area (Å²) in [5.74, 6) is 0.502. The summed E-state index contributed by atoms with van der Waals surface area (Å²) >= 11 is 0. The van der Waals surface area contributed by atoms with Crippen molar-refractivity contribution >= 4 is 5.69 Å². The molecule has 1 heterocycles. The van der Waals surface area contributed by atoms with Gasteiger partial charge in [-0.3, -0.25) is 10.1 Å². The molecule has 1 atom stereocenters. The highest BCUT2D eigenvalue weighted by Gasteiger charge is 2.26. The molecule has 0 N–H and O–H groups in total. The van der Waals surface area contributed by atoms with Crippen LogP contribution in [0.25, 0.3) is 0 Å². The molecule has 5 nitrogen and oxygen atoms in total. The Hall–Kier alpha value is -1.62. The Kier molecular flexibility index (Phi) is 2.55. The number of nitro benzene ring substituents is 1. The van der Waals surface area contributed by atoms with Gasteiger partial charge < -0.3 is 9.47 Å². The first kappa shape index (κ1) is 9.92. The number of epoxide rings is 1. The highest BCUT2D eigenvalue weighted by atomic mass is 16.6. The minimum Gasteiger partial charge on any atom is -0.497 e. The van der Waals surface area contributed by atoms with Gasteiger partial charge in [0.2, 0.25) is 0 Å². The van der Waals surface area contributed by atoms with E-state index in [0.717, 1.165) is 0 Å². The fourth-order valence-electron chi connectivity index (χ4n) is 1.44. The molecule has 0 spiro atoms. The van der Waals surface area contributed by atoms with Gasteiger partial charge in [-0.2, -0.15) is 0 Å². The predicted octanol–water partition coefficient (Wildman–Crippen LogP) is 1.54. The van der Waals surface area contributed by atoms with Crippen molar-refractivity contribution in [3.8, 4) is 5.75 Å². The second-order valence-electron chi connectivity index (χ2n) is 3.41. The molecule has 1 saturated heterocycles. The van der Waals surface area contributed by atoms with Gasteiger partial charge in [0.1, 0.15) is 5.75 Å². The third-order valence-corrected chi connectivity index (χ3v) is 2.34. The fraction of sp³-hybridized carbons (Fsp3) is 0.400. The molecule has 1 aliphatic heterocycles. The molecule has 1 unspecified atom stereocenters. The summed E-state index contributed by atoms with van der Waals surface area (Å²) in [5.41, 5.74) is 0.799. The van der Waals surface area contributed by atoms with Crippen molar-refractivity contribution in [2.75, 3.05) is 13.7 Å². The topological polar surface area (TPSA) is 64.9 Å². The Morgan fingerprint density at radius 3 is 2.93 bits per heavy atom. The normalized spacial score (nSPS) is 18.6. The van der Waals surface area contributed by atoms with Gasteiger partial charge in [-0.05, 0) is 12.1 Å². The summed E-state index contributed by atoms with van der Waals surface area (Å²) in [6.07, 6.45) is 0.748. The van der Waals surface area contributed by atoms with Crippen molar-refractivity contribution in [1.29, 1.82) is 0 Å². The lowest BCUT2D eigenvalue weighted by molar-refractivity contribution is -0.385. The quantitative estimate of drug-likeness (QED) is 0.428. The van der Waals surface area contributed by atoms with Crippen molar-refractivity contribution < 1.29 is 14.4 Å². The van der Waals surface area contributed by atoms with Crippen molar-refractivity contribution in [2.45, 2.75) is 12.5 Å². The molecular weight excluding hydrogens is 198 g/mol. The molecule has 0 saturated carbocycles. The summed E-state index contributed by atoms with van der Waals surface area (Å²) in [6, 6.07) is 4.89. The largest absolute Gasteiger partial charge is 0.497 e. The highest BCUT2D eigenvalue weighted by molar-refractivity contribution is 5.46. The zero-order valence-electron chi connectivity index (χ0n) is 8.30. The van der Waals surface area contributed by atoms with Gasteiger partial charge in [0.25, 0.3) is 5.69 Å². The van der Waals surface area contributed by atoms with Crippen LogP contribution >= 0.6 is 0 Å². The van der Waals surface area contributed by atoms with Gasteiger partial charge in [0, 0.05) is 12.0 Å². The number of nitro groups is 1. The first-order valence-electron chi connectivity index (χ1n) is 4.63. The number of benzene rings is 1. The second-order valence-corrected chi connectivity index (χ2v) is 3.41. The zero-order chi connectivity index (χ0) is 10.8. The van der Waals surface area contributed by atoms with E-state index in [2.05, 4.69) is 0 Å². The van der Waals surface area contributed by atoms with Gasteiger partial charge in [0.05, 0.1) is 30.8 Å². The number of nitrogens with zero attached hydrogens (tertiary/aromatic N) is 1. The Bertz CT molecular complexity index is 387. The van der Waals surface area contributed by atoms with Crippen molar-refractivity contribution in [3.05, 3.63) is 33.9 Å². The SMILES string of the molecule is COc1ccc(CC2CO2)c([N+](=O)[O-])c1. The maximum atomic E-state index is 10.8. The van der Waals surface area contributed by atoms with Crippen LogP contribution in [0.5, 0.6) is 5.75 Å². The number of rotatable bonds is 4. The van der Waals surface area contributed by atoms with Gasteiger partial charge in [0.15, 0.2) is 0 Å². The molecule has 0 bridgehead atoms. The minimum atomic E-state index is -0.389. The number of ether oxygens (including phenoxy) is 2. The molecule has 1 aromatic carbocycles. The second kappa shape index (κ2) is 3.86. The smallest absolute Gasteiger partial charge is 0.276 e. The summed E-state index contributed by atoms with van der Waals surface area (Å²) in [7, 11) is 1.49. The Morgan fingerprint density at radius 2 is 2.40 bits per heavy atom. The number of hydrogen-bond acceptors (Lipinski definition) is 4. The van der Waals surface area contributed by atoms with E-state index in [0.29, 0.717) is 24.3 Å². The molecule has 2 rings (SSSR count). The molecule has 1 aromatic rings. The zero-order valence-corrected chi connectivity index (χ0v) is 8.30. The van der Waals surface area contributed by atoms with Crippen LogP contribution in [-0.4, -0.2) is 24.7 Å². The highest BCUT2D eigenvalue weighted by Crippen LogP contribution is 2.28. The number of methoxy groups -OCH3 is 1. The van der Waals surface area contributed by atoms with E-state index < -0.39 is 0 Å². The van der Waals surface area contributed by atoms with Crippen LogP contribution in [0.2, 0.25) is 0 Å². The number of hydrogen-bond donors (Lipinski definition) is 0. The lowest BCUT2D eigenvalue weighted by atomic mass is 10.1. The third-order valence-electron chi connectivity index (χ3n) is 2.34. The van der Waals surface area contributed by atoms with Crippen LogP contribution in [0.1, 0.15) is 5.56 Å². The predicted molar refractivity (Wildman–Crippen MR) is 53.1 cm³/mol. The van der Waals surface area contributed by atoms with Gasteiger partial charge in [-0.25, -0.2) is 0 Å². The van der Waals surface area contributed by atoms with Crippen LogP contribution in [-0.2, 0) is 11.2 Å². The molecule has 1 aliphatic rings. The molecule has 0 aliphatic carbocycles. The summed E-state index contributed by atoms with van der Waals surface area (Å²) < 4.78 is 9.99. The van der Waals surface area contributed by atoms with E-state index in [1.54, 1.807) is 12.1 Å². The van der Waals surface area contributed by atoms with E-state index in [1.807, 2.05) is 0 Å².